The summed E-state index contributed by atoms with van der Waals surface area (Å²) in [6, 6.07) is 2.28. The summed E-state index contributed by atoms with van der Waals surface area (Å²) in [7, 11) is 0. The third kappa shape index (κ3) is 3.85. The zero-order valence-corrected chi connectivity index (χ0v) is 11.4. The molecule has 1 heterocycles. The number of anilines is 2. The SMILES string of the molecule is Cc1nc(NN)cc(N(CC(C)C)C(C)C)n1. The fourth-order valence-electron chi connectivity index (χ4n) is 1.74. The third-order valence-electron chi connectivity index (χ3n) is 2.45. The minimum Gasteiger partial charge on any atom is -0.354 e. The van der Waals surface area contributed by atoms with Crippen LogP contribution in [0.15, 0.2) is 6.07 Å². The minimum atomic E-state index is 0.400. The number of hydrogen-bond donors (Lipinski definition) is 2. The van der Waals surface area contributed by atoms with Crippen molar-refractivity contribution in [3.8, 4) is 0 Å². The monoisotopic (exact) mass is 237 g/mol. The van der Waals surface area contributed by atoms with Gasteiger partial charge in [-0.1, -0.05) is 13.8 Å². The van der Waals surface area contributed by atoms with Crippen molar-refractivity contribution in [1.29, 1.82) is 0 Å². The molecule has 0 aliphatic heterocycles. The van der Waals surface area contributed by atoms with Gasteiger partial charge in [0.15, 0.2) is 0 Å². The second-order valence-electron chi connectivity index (χ2n) is 4.94. The van der Waals surface area contributed by atoms with E-state index in [4.69, 9.17) is 5.84 Å². The highest BCUT2D eigenvalue weighted by molar-refractivity contribution is 5.49. The van der Waals surface area contributed by atoms with Crippen LogP contribution in [0, 0.1) is 12.8 Å². The largest absolute Gasteiger partial charge is 0.354 e. The van der Waals surface area contributed by atoms with Crippen molar-refractivity contribution in [3.63, 3.8) is 0 Å². The van der Waals surface area contributed by atoms with E-state index in [1.54, 1.807) is 0 Å². The van der Waals surface area contributed by atoms with Crippen LogP contribution >= 0.6 is 0 Å². The lowest BCUT2D eigenvalue weighted by atomic mass is 10.2. The van der Waals surface area contributed by atoms with Crippen LogP contribution in [0.4, 0.5) is 11.6 Å². The number of nitrogens with two attached hydrogens (primary N) is 1. The number of rotatable bonds is 5. The first-order valence-electron chi connectivity index (χ1n) is 6.03. The first-order chi connectivity index (χ1) is 7.93. The van der Waals surface area contributed by atoms with Crippen molar-refractivity contribution in [2.75, 3.05) is 16.9 Å². The van der Waals surface area contributed by atoms with Gasteiger partial charge in [0.25, 0.3) is 0 Å². The minimum absolute atomic E-state index is 0.400. The Morgan fingerprint density at radius 3 is 2.41 bits per heavy atom. The molecule has 0 fully saturated rings. The number of nitrogen functional groups attached to an aromatic ring is 1. The maximum Gasteiger partial charge on any atom is 0.145 e. The molecule has 0 aliphatic rings. The van der Waals surface area contributed by atoms with Crippen LogP contribution in [0.2, 0.25) is 0 Å². The third-order valence-corrected chi connectivity index (χ3v) is 2.45. The first kappa shape index (κ1) is 13.7. The van der Waals surface area contributed by atoms with E-state index in [1.165, 1.54) is 0 Å². The molecule has 3 N–H and O–H groups in total. The van der Waals surface area contributed by atoms with E-state index >= 15 is 0 Å². The molecule has 0 spiro atoms. The predicted molar refractivity (Wildman–Crippen MR) is 71.9 cm³/mol. The van der Waals surface area contributed by atoms with Crippen molar-refractivity contribution < 1.29 is 0 Å². The van der Waals surface area contributed by atoms with Crippen molar-refractivity contribution in [2.24, 2.45) is 11.8 Å². The van der Waals surface area contributed by atoms with Gasteiger partial charge in [-0.2, -0.15) is 0 Å². The molecule has 0 aromatic carbocycles. The molecule has 1 aromatic heterocycles. The Morgan fingerprint density at radius 1 is 1.29 bits per heavy atom. The highest BCUT2D eigenvalue weighted by Gasteiger charge is 2.14. The van der Waals surface area contributed by atoms with E-state index in [-0.39, 0.29) is 0 Å². The fourth-order valence-corrected chi connectivity index (χ4v) is 1.74. The molecule has 96 valence electrons. The van der Waals surface area contributed by atoms with E-state index in [0.29, 0.717) is 17.8 Å². The number of aromatic nitrogens is 2. The molecule has 1 rings (SSSR count). The fraction of sp³-hybridized carbons (Fsp3) is 0.667. The van der Waals surface area contributed by atoms with Gasteiger partial charge in [-0.25, -0.2) is 15.8 Å². The second kappa shape index (κ2) is 5.82. The van der Waals surface area contributed by atoms with Crippen molar-refractivity contribution in [1.82, 2.24) is 9.97 Å². The maximum atomic E-state index is 5.41. The van der Waals surface area contributed by atoms with E-state index < -0.39 is 0 Å². The van der Waals surface area contributed by atoms with Gasteiger partial charge in [-0.05, 0) is 26.7 Å². The summed E-state index contributed by atoms with van der Waals surface area (Å²) in [6.45, 7) is 11.6. The molecule has 0 saturated heterocycles. The van der Waals surface area contributed by atoms with Crippen LogP contribution in [0.1, 0.15) is 33.5 Å². The summed E-state index contributed by atoms with van der Waals surface area (Å²) in [5.41, 5.74) is 2.58. The molecule has 0 radical (unpaired) electrons. The number of hydrogen-bond acceptors (Lipinski definition) is 5. The van der Waals surface area contributed by atoms with Crippen LogP contribution in [-0.2, 0) is 0 Å². The van der Waals surface area contributed by atoms with Gasteiger partial charge in [-0.3, -0.25) is 0 Å². The van der Waals surface area contributed by atoms with Gasteiger partial charge in [0.05, 0.1) is 0 Å². The van der Waals surface area contributed by atoms with Crippen molar-refractivity contribution in [2.45, 2.75) is 40.7 Å². The number of nitrogens with one attached hydrogen (secondary N) is 1. The number of nitrogens with zero attached hydrogens (tertiary/aromatic N) is 3. The quantitative estimate of drug-likeness (QED) is 0.605. The lowest BCUT2D eigenvalue weighted by Crippen LogP contribution is -2.35. The summed E-state index contributed by atoms with van der Waals surface area (Å²) in [5, 5.41) is 0. The Hall–Kier alpha value is -1.36. The van der Waals surface area contributed by atoms with Gasteiger partial charge in [0, 0.05) is 18.7 Å². The molecular weight excluding hydrogens is 214 g/mol. The van der Waals surface area contributed by atoms with E-state index in [0.717, 1.165) is 18.2 Å². The molecule has 0 aliphatic carbocycles. The van der Waals surface area contributed by atoms with Crippen LogP contribution in [-0.4, -0.2) is 22.6 Å². The number of hydrazine groups is 1. The normalized spacial score (nSPS) is 11.1. The predicted octanol–water partition coefficient (Wildman–Crippen LogP) is 1.94. The highest BCUT2D eigenvalue weighted by atomic mass is 15.3. The average molecular weight is 237 g/mol. The summed E-state index contributed by atoms with van der Waals surface area (Å²) < 4.78 is 0. The Kier molecular flexibility index (Phi) is 4.69. The lowest BCUT2D eigenvalue weighted by Gasteiger charge is -2.29. The van der Waals surface area contributed by atoms with Gasteiger partial charge in [0.1, 0.15) is 17.5 Å². The zero-order valence-electron chi connectivity index (χ0n) is 11.4. The lowest BCUT2D eigenvalue weighted by molar-refractivity contribution is 0.565. The van der Waals surface area contributed by atoms with Gasteiger partial charge in [0.2, 0.25) is 0 Å². The second-order valence-corrected chi connectivity index (χ2v) is 4.94. The summed E-state index contributed by atoms with van der Waals surface area (Å²) in [5.74, 6) is 8.30. The molecule has 1 aromatic rings. The molecule has 17 heavy (non-hydrogen) atoms. The number of aryl methyl sites for hydroxylation is 1. The molecule has 0 amide bonds. The maximum absolute atomic E-state index is 5.41. The van der Waals surface area contributed by atoms with Crippen molar-refractivity contribution in [3.05, 3.63) is 11.9 Å². The van der Waals surface area contributed by atoms with Crippen LogP contribution in [0.3, 0.4) is 0 Å². The van der Waals surface area contributed by atoms with E-state index in [2.05, 4.69) is 48.0 Å². The first-order valence-corrected chi connectivity index (χ1v) is 6.03. The van der Waals surface area contributed by atoms with E-state index in [9.17, 15) is 0 Å². The Balaban J connectivity index is 3.04. The Labute approximate surface area is 103 Å². The molecule has 5 nitrogen and oxygen atoms in total. The highest BCUT2D eigenvalue weighted by Crippen LogP contribution is 2.19. The smallest absolute Gasteiger partial charge is 0.145 e. The molecular formula is C12H23N5. The average Bonchev–Trinajstić information content (AvgIpc) is 2.24. The molecule has 5 heteroatoms. The molecule has 0 unspecified atom stereocenters. The van der Waals surface area contributed by atoms with Crippen molar-refractivity contribution >= 4 is 11.6 Å². The summed E-state index contributed by atoms with van der Waals surface area (Å²) in [6.07, 6.45) is 0. The van der Waals surface area contributed by atoms with Crippen LogP contribution in [0.25, 0.3) is 0 Å². The van der Waals surface area contributed by atoms with Gasteiger partial charge >= 0.3 is 0 Å². The Morgan fingerprint density at radius 2 is 1.94 bits per heavy atom. The summed E-state index contributed by atoms with van der Waals surface area (Å²) in [4.78, 5) is 10.9. The molecule has 0 bridgehead atoms. The van der Waals surface area contributed by atoms with Gasteiger partial charge in [-0.15, -0.1) is 0 Å². The molecule has 0 saturated carbocycles. The Bertz CT molecular complexity index is 362. The zero-order chi connectivity index (χ0) is 13.0. The summed E-state index contributed by atoms with van der Waals surface area (Å²) >= 11 is 0. The van der Waals surface area contributed by atoms with E-state index in [1.807, 2.05) is 13.0 Å². The van der Waals surface area contributed by atoms with Gasteiger partial charge < -0.3 is 10.3 Å². The van der Waals surface area contributed by atoms with Crippen LogP contribution in [0.5, 0.6) is 0 Å². The topological polar surface area (TPSA) is 67.1 Å². The van der Waals surface area contributed by atoms with Crippen LogP contribution < -0.4 is 16.2 Å². The molecule has 0 atom stereocenters. The standard InChI is InChI=1S/C12H23N5/c1-8(2)7-17(9(3)4)12-6-11(16-13)14-10(5)15-12/h6,8-9H,7,13H2,1-5H3,(H,14,15,16).